The number of nitrogens with one attached hydrogen (secondary N) is 1. The molecule has 0 aliphatic heterocycles. The quantitative estimate of drug-likeness (QED) is 0.706. The van der Waals surface area contributed by atoms with E-state index in [1.807, 2.05) is 6.92 Å². The fraction of sp³-hybridized carbons (Fsp3) is 0.571. The summed E-state index contributed by atoms with van der Waals surface area (Å²) in [6, 6.07) is 3.44. The summed E-state index contributed by atoms with van der Waals surface area (Å²) in [6.07, 6.45) is 4.69. The van der Waals surface area contributed by atoms with Gasteiger partial charge in [0.15, 0.2) is 0 Å². The number of halogens is 2. The van der Waals surface area contributed by atoms with Gasteiger partial charge in [-0.2, -0.15) is 0 Å². The molecule has 1 unspecified atom stereocenters. The number of rotatable bonds is 7. The van der Waals surface area contributed by atoms with Gasteiger partial charge in [0.25, 0.3) is 0 Å². The van der Waals surface area contributed by atoms with Crippen molar-refractivity contribution in [2.75, 3.05) is 6.54 Å². The van der Waals surface area contributed by atoms with Crippen LogP contribution >= 0.6 is 0 Å². The third-order valence-corrected chi connectivity index (χ3v) is 2.91. The maximum Gasteiger partial charge on any atom is 0.128 e. The van der Waals surface area contributed by atoms with Crippen LogP contribution in [0, 0.1) is 11.6 Å². The molecule has 0 heterocycles. The zero-order chi connectivity index (χ0) is 12.7. The lowest BCUT2D eigenvalue weighted by molar-refractivity contribution is 0.503. The van der Waals surface area contributed by atoms with Gasteiger partial charge >= 0.3 is 0 Å². The van der Waals surface area contributed by atoms with Gasteiger partial charge in [-0.15, -0.1) is 0 Å². The Morgan fingerprint density at radius 2 is 1.94 bits per heavy atom. The minimum absolute atomic E-state index is 0.146. The first kappa shape index (κ1) is 14.1. The lowest BCUT2D eigenvalue weighted by Gasteiger charge is -2.15. The van der Waals surface area contributed by atoms with E-state index < -0.39 is 0 Å². The van der Waals surface area contributed by atoms with Gasteiger partial charge in [-0.3, -0.25) is 0 Å². The van der Waals surface area contributed by atoms with Crippen molar-refractivity contribution in [3.05, 3.63) is 35.4 Å². The van der Waals surface area contributed by atoms with Gasteiger partial charge in [0.2, 0.25) is 0 Å². The van der Waals surface area contributed by atoms with Crippen LogP contribution in [0.25, 0.3) is 0 Å². The summed E-state index contributed by atoms with van der Waals surface area (Å²) in [6.45, 7) is 4.87. The van der Waals surface area contributed by atoms with Crippen LogP contribution in [0.3, 0.4) is 0 Å². The largest absolute Gasteiger partial charge is 0.310 e. The normalized spacial score (nSPS) is 12.7. The Kier molecular flexibility index (Phi) is 6.12. The summed E-state index contributed by atoms with van der Waals surface area (Å²) in [5.41, 5.74) is 0.403. The summed E-state index contributed by atoms with van der Waals surface area (Å²) < 4.78 is 26.4. The van der Waals surface area contributed by atoms with Crippen molar-refractivity contribution in [2.24, 2.45) is 0 Å². The Bertz CT molecular complexity index is 339. The highest BCUT2D eigenvalue weighted by atomic mass is 19.1. The molecule has 1 N–H and O–H groups in total. The minimum atomic E-state index is -0.388. The number of hydrogen-bond donors (Lipinski definition) is 1. The van der Waals surface area contributed by atoms with E-state index >= 15 is 0 Å². The molecular formula is C14H21F2N. The maximum atomic E-state index is 13.4. The minimum Gasteiger partial charge on any atom is -0.310 e. The molecule has 0 amide bonds. The maximum absolute atomic E-state index is 13.4. The molecule has 1 rings (SSSR count). The first-order valence-electron chi connectivity index (χ1n) is 6.33. The Hall–Kier alpha value is -0.960. The summed E-state index contributed by atoms with van der Waals surface area (Å²) in [5.74, 6) is -0.735. The zero-order valence-electron chi connectivity index (χ0n) is 10.6. The molecule has 3 heteroatoms. The van der Waals surface area contributed by atoms with Crippen LogP contribution in [0.15, 0.2) is 18.2 Å². The molecule has 1 atom stereocenters. The van der Waals surface area contributed by atoms with E-state index in [1.165, 1.54) is 31.4 Å². The molecule has 0 radical (unpaired) electrons. The molecule has 0 saturated carbocycles. The molecular weight excluding hydrogens is 220 g/mol. The van der Waals surface area contributed by atoms with Gasteiger partial charge in [0, 0.05) is 11.6 Å². The Balaban J connectivity index is 2.41. The van der Waals surface area contributed by atoms with E-state index in [9.17, 15) is 8.78 Å². The second-order valence-electron chi connectivity index (χ2n) is 4.40. The molecule has 0 aliphatic carbocycles. The molecule has 0 bridgehead atoms. The highest BCUT2D eigenvalue weighted by molar-refractivity contribution is 5.21. The molecule has 1 aromatic carbocycles. The standard InChI is InChI=1S/C14H21F2N/c1-3-4-5-6-9-17-11(2)13-10-12(15)7-8-14(13)16/h7-8,10-11,17H,3-6,9H2,1-2H3. The van der Waals surface area contributed by atoms with Gasteiger partial charge in [-0.25, -0.2) is 8.78 Å². The predicted octanol–water partition coefficient (Wildman–Crippen LogP) is 4.20. The molecule has 17 heavy (non-hydrogen) atoms. The number of unbranched alkanes of at least 4 members (excludes halogenated alkanes) is 3. The van der Waals surface area contributed by atoms with Crippen molar-refractivity contribution in [2.45, 2.75) is 45.6 Å². The van der Waals surface area contributed by atoms with Crippen LogP contribution in [0.1, 0.15) is 51.1 Å². The topological polar surface area (TPSA) is 12.0 Å². The summed E-state index contributed by atoms with van der Waals surface area (Å²) in [7, 11) is 0. The van der Waals surface area contributed by atoms with Crippen LogP contribution in [-0.4, -0.2) is 6.54 Å². The van der Waals surface area contributed by atoms with Gasteiger partial charge in [-0.1, -0.05) is 26.2 Å². The molecule has 1 nitrogen and oxygen atoms in total. The van der Waals surface area contributed by atoms with E-state index in [0.717, 1.165) is 19.0 Å². The first-order chi connectivity index (χ1) is 8.15. The fourth-order valence-electron chi connectivity index (χ4n) is 1.83. The molecule has 1 aromatic rings. The van der Waals surface area contributed by atoms with E-state index in [4.69, 9.17) is 0 Å². The van der Waals surface area contributed by atoms with Crippen LogP contribution in [0.2, 0.25) is 0 Å². The van der Waals surface area contributed by atoms with Crippen molar-refractivity contribution in [1.29, 1.82) is 0 Å². The van der Waals surface area contributed by atoms with Gasteiger partial charge in [-0.05, 0) is 38.1 Å². The third-order valence-electron chi connectivity index (χ3n) is 2.91. The van der Waals surface area contributed by atoms with Crippen molar-refractivity contribution in [3.8, 4) is 0 Å². The monoisotopic (exact) mass is 241 g/mol. The average Bonchev–Trinajstić information content (AvgIpc) is 2.32. The van der Waals surface area contributed by atoms with Gasteiger partial charge < -0.3 is 5.32 Å². The van der Waals surface area contributed by atoms with Gasteiger partial charge in [0.05, 0.1) is 0 Å². The summed E-state index contributed by atoms with van der Waals surface area (Å²) >= 11 is 0. The molecule has 0 spiro atoms. The van der Waals surface area contributed by atoms with Crippen molar-refractivity contribution >= 4 is 0 Å². The first-order valence-corrected chi connectivity index (χ1v) is 6.33. The highest BCUT2D eigenvalue weighted by Gasteiger charge is 2.10. The summed E-state index contributed by atoms with van der Waals surface area (Å²) in [4.78, 5) is 0. The van der Waals surface area contributed by atoms with Crippen LogP contribution in [-0.2, 0) is 0 Å². The van der Waals surface area contributed by atoms with E-state index in [1.54, 1.807) is 0 Å². The lowest BCUT2D eigenvalue weighted by Crippen LogP contribution is -2.21. The molecule has 0 saturated heterocycles. The Morgan fingerprint density at radius 3 is 2.65 bits per heavy atom. The highest BCUT2D eigenvalue weighted by Crippen LogP contribution is 2.17. The van der Waals surface area contributed by atoms with Crippen LogP contribution in [0.5, 0.6) is 0 Å². The van der Waals surface area contributed by atoms with Crippen LogP contribution in [0.4, 0.5) is 8.78 Å². The number of benzene rings is 1. The number of hydrogen-bond acceptors (Lipinski definition) is 1. The van der Waals surface area contributed by atoms with Crippen molar-refractivity contribution in [1.82, 2.24) is 5.32 Å². The fourth-order valence-corrected chi connectivity index (χ4v) is 1.83. The van der Waals surface area contributed by atoms with E-state index in [-0.39, 0.29) is 17.7 Å². The smallest absolute Gasteiger partial charge is 0.128 e. The molecule has 0 fully saturated rings. The Labute approximate surface area is 102 Å². The molecule has 96 valence electrons. The second-order valence-corrected chi connectivity index (χ2v) is 4.40. The van der Waals surface area contributed by atoms with Crippen molar-refractivity contribution in [3.63, 3.8) is 0 Å². The predicted molar refractivity (Wildman–Crippen MR) is 66.9 cm³/mol. The van der Waals surface area contributed by atoms with Crippen molar-refractivity contribution < 1.29 is 8.78 Å². The molecule has 0 aromatic heterocycles. The van der Waals surface area contributed by atoms with Crippen LogP contribution < -0.4 is 5.32 Å². The zero-order valence-corrected chi connectivity index (χ0v) is 10.6. The lowest BCUT2D eigenvalue weighted by atomic mass is 10.1. The summed E-state index contributed by atoms with van der Waals surface area (Å²) in [5, 5.41) is 3.22. The van der Waals surface area contributed by atoms with E-state index in [2.05, 4.69) is 12.2 Å². The van der Waals surface area contributed by atoms with Gasteiger partial charge in [0.1, 0.15) is 11.6 Å². The molecule has 0 aliphatic rings. The van der Waals surface area contributed by atoms with E-state index in [0.29, 0.717) is 5.56 Å². The third kappa shape index (κ3) is 4.82. The SMILES string of the molecule is CCCCCCNC(C)c1cc(F)ccc1F. The average molecular weight is 241 g/mol. The second kappa shape index (κ2) is 7.38. The Morgan fingerprint density at radius 1 is 1.18 bits per heavy atom.